The number of hydrogen-bond donors (Lipinski definition) is 3. The van der Waals surface area contributed by atoms with Crippen LogP contribution >= 0.6 is 11.6 Å². The summed E-state index contributed by atoms with van der Waals surface area (Å²) in [6, 6.07) is 5.71. The number of rotatable bonds is 5. The predicted molar refractivity (Wildman–Crippen MR) is 68.2 cm³/mol. The van der Waals surface area contributed by atoms with Crippen LogP contribution in [0.2, 0.25) is 5.02 Å². The summed E-state index contributed by atoms with van der Waals surface area (Å²) < 4.78 is 0. The molecule has 0 saturated heterocycles. The Morgan fingerprint density at radius 3 is 2.61 bits per heavy atom. The Morgan fingerprint density at radius 1 is 1.44 bits per heavy atom. The van der Waals surface area contributed by atoms with Crippen LogP contribution in [0.3, 0.4) is 0 Å². The second-order valence-electron chi connectivity index (χ2n) is 3.96. The van der Waals surface area contributed by atoms with Crippen LogP contribution in [-0.4, -0.2) is 23.0 Å². The first kappa shape index (κ1) is 14.5. The number of halogens is 1. The number of hydrogen-bond acceptors (Lipinski definition) is 3. The summed E-state index contributed by atoms with van der Waals surface area (Å²) in [5.41, 5.74) is 6.22. The van der Waals surface area contributed by atoms with E-state index in [1.165, 1.54) is 0 Å². The van der Waals surface area contributed by atoms with E-state index >= 15 is 0 Å². The van der Waals surface area contributed by atoms with E-state index in [0.717, 1.165) is 5.56 Å². The second-order valence-corrected chi connectivity index (χ2v) is 4.36. The van der Waals surface area contributed by atoms with E-state index in [4.69, 9.17) is 22.4 Å². The van der Waals surface area contributed by atoms with Crippen molar-refractivity contribution < 1.29 is 14.7 Å². The first-order chi connectivity index (χ1) is 8.41. The lowest BCUT2D eigenvalue weighted by molar-refractivity contribution is -0.139. The van der Waals surface area contributed by atoms with Gasteiger partial charge in [0.05, 0.1) is 18.5 Å². The third kappa shape index (κ3) is 4.01. The van der Waals surface area contributed by atoms with E-state index in [1.54, 1.807) is 31.2 Å². The van der Waals surface area contributed by atoms with Crippen molar-refractivity contribution in [2.75, 3.05) is 0 Å². The fourth-order valence-electron chi connectivity index (χ4n) is 1.51. The zero-order valence-electron chi connectivity index (χ0n) is 9.89. The number of benzene rings is 1. The van der Waals surface area contributed by atoms with E-state index in [2.05, 4.69) is 5.32 Å². The number of nitrogens with two attached hydrogens (primary N) is 1. The van der Waals surface area contributed by atoms with Gasteiger partial charge in [-0.2, -0.15) is 0 Å². The molecule has 6 heteroatoms. The summed E-state index contributed by atoms with van der Waals surface area (Å²) in [7, 11) is 0. The molecule has 0 aliphatic rings. The molecule has 0 spiro atoms. The summed E-state index contributed by atoms with van der Waals surface area (Å²) in [6.45, 7) is 1.76. The molecular weight excluding hydrogens is 256 g/mol. The summed E-state index contributed by atoms with van der Waals surface area (Å²) in [4.78, 5) is 22.1. The topological polar surface area (TPSA) is 92.4 Å². The minimum Gasteiger partial charge on any atom is -0.481 e. The van der Waals surface area contributed by atoms with Gasteiger partial charge in [0.1, 0.15) is 0 Å². The van der Waals surface area contributed by atoms with Crippen LogP contribution in [0, 0.1) is 0 Å². The molecule has 0 heterocycles. The van der Waals surface area contributed by atoms with Crippen molar-refractivity contribution in [2.24, 2.45) is 5.73 Å². The molecule has 1 aromatic rings. The van der Waals surface area contributed by atoms with Crippen molar-refractivity contribution in [3.05, 3.63) is 34.9 Å². The molecule has 18 heavy (non-hydrogen) atoms. The van der Waals surface area contributed by atoms with Crippen molar-refractivity contribution in [3.8, 4) is 0 Å². The fraction of sp³-hybridized carbons (Fsp3) is 0.333. The van der Waals surface area contributed by atoms with Gasteiger partial charge in [-0.15, -0.1) is 0 Å². The zero-order valence-corrected chi connectivity index (χ0v) is 10.6. The first-order valence-electron chi connectivity index (χ1n) is 5.44. The third-order valence-corrected chi connectivity index (χ3v) is 2.81. The van der Waals surface area contributed by atoms with Crippen molar-refractivity contribution in [3.63, 3.8) is 0 Å². The van der Waals surface area contributed by atoms with Crippen LogP contribution in [0.25, 0.3) is 0 Å². The summed E-state index contributed by atoms with van der Waals surface area (Å²) in [6.07, 6.45) is -0.402. The highest BCUT2D eigenvalue weighted by atomic mass is 35.5. The van der Waals surface area contributed by atoms with E-state index in [9.17, 15) is 9.59 Å². The van der Waals surface area contributed by atoms with Crippen LogP contribution < -0.4 is 11.1 Å². The number of carbonyl (C=O) groups is 2. The van der Waals surface area contributed by atoms with E-state index in [1.807, 2.05) is 0 Å². The smallest absolute Gasteiger partial charge is 0.305 e. The second kappa shape index (κ2) is 6.37. The Balaban J connectivity index is 2.65. The van der Waals surface area contributed by atoms with E-state index in [0.29, 0.717) is 5.02 Å². The first-order valence-corrected chi connectivity index (χ1v) is 5.81. The monoisotopic (exact) mass is 270 g/mol. The number of aliphatic carboxylic acids is 1. The maximum Gasteiger partial charge on any atom is 0.305 e. The average Bonchev–Trinajstić information content (AvgIpc) is 2.28. The van der Waals surface area contributed by atoms with Gasteiger partial charge in [0.25, 0.3) is 0 Å². The molecular formula is C12H15ClN2O3. The summed E-state index contributed by atoms with van der Waals surface area (Å²) >= 11 is 5.99. The molecule has 0 aliphatic heterocycles. The van der Waals surface area contributed by atoms with E-state index < -0.39 is 24.3 Å². The summed E-state index contributed by atoms with van der Waals surface area (Å²) in [5, 5.41) is 11.7. The quantitative estimate of drug-likeness (QED) is 0.752. The van der Waals surface area contributed by atoms with Gasteiger partial charge >= 0.3 is 5.97 Å². The molecule has 0 saturated carbocycles. The van der Waals surface area contributed by atoms with Crippen LogP contribution in [0.15, 0.2) is 24.3 Å². The molecule has 2 unspecified atom stereocenters. The van der Waals surface area contributed by atoms with Gasteiger partial charge in [0, 0.05) is 5.02 Å². The van der Waals surface area contributed by atoms with Crippen LogP contribution in [-0.2, 0) is 9.59 Å². The lowest BCUT2D eigenvalue weighted by Crippen LogP contribution is -2.42. The largest absolute Gasteiger partial charge is 0.481 e. The predicted octanol–water partition coefficient (Wildman–Crippen LogP) is 1.32. The fourth-order valence-corrected chi connectivity index (χ4v) is 1.80. The minimum atomic E-state index is -1.11. The Hall–Kier alpha value is -1.59. The molecule has 0 aliphatic carbocycles. The molecule has 4 N–H and O–H groups in total. The van der Waals surface area contributed by atoms with E-state index in [-0.39, 0.29) is 6.04 Å². The minimum absolute atomic E-state index is 0.328. The molecule has 0 fully saturated rings. The molecule has 5 nitrogen and oxygen atoms in total. The number of nitrogens with one attached hydrogen (secondary N) is 1. The van der Waals surface area contributed by atoms with Crippen molar-refractivity contribution in [1.29, 1.82) is 0 Å². The number of amides is 1. The molecule has 0 bridgehead atoms. The van der Waals surface area contributed by atoms with Crippen molar-refractivity contribution >= 4 is 23.5 Å². The lowest BCUT2D eigenvalue weighted by atomic mass is 10.1. The van der Waals surface area contributed by atoms with Crippen LogP contribution in [0.4, 0.5) is 0 Å². The summed E-state index contributed by atoms with van der Waals surface area (Å²) in [5.74, 6) is -1.62. The Morgan fingerprint density at radius 2 is 2.06 bits per heavy atom. The number of carboxylic acids is 1. The SMILES string of the molecule is CC(NC(=O)C(N)CC(=O)O)c1ccccc1Cl. The van der Waals surface area contributed by atoms with Gasteiger partial charge in [-0.25, -0.2) is 0 Å². The third-order valence-electron chi connectivity index (χ3n) is 2.46. The van der Waals surface area contributed by atoms with Crippen LogP contribution in [0.1, 0.15) is 24.9 Å². The van der Waals surface area contributed by atoms with Gasteiger partial charge < -0.3 is 16.2 Å². The molecule has 1 aromatic carbocycles. The van der Waals surface area contributed by atoms with Gasteiger partial charge in [-0.1, -0.05) is 29.8 Å². The average molecular weight is 271 g/mol. The molecule has 1 amide bonds. The number of carboxylic acid groups (broad SMARTS) is 1. The van der Waals surface area contributed by atoms with Crippen LogP contribution in [0.5, 0.6) is 0 Å². The molecule has 98 valence electrons. The number of carbonyl (C=O) groups excluding carboxylic acids is 1. The van der Waals surface area contributed by atoms with Gasteiger partial charge in [0.2, 0.25) is 5.91 Å². The highest BCUT2D eigenvalue weighted by Gasteiger charge is 2.19. The van der Waals surface area contributed by atoms with Gasteiger partial charge in [0.15, 0.2) is 0 Å². The Bertz CT molecular complexity index is 451. The molecule has 1 rings (SSSR count). The molecule has 0 aromatic heterocycles. The maximum atomic E-state index is 11.6. The lowest BCUT2D eigenvalue weighted by Gasteiger charge is -2.18. The van der Waals surface area contributed by atoms with Crippen molar-refractivity contribution in [1.82, 2.24) is 5.32 Å². The molecule has 2 atom stereocenters. The van der Waals surface area contributed by atoms with Gasteiger partial charge in [-0.3, -0.25) is 9.59 Å². The standard InChI is InChI=1S/C12H15ClN2O3/c1-7(8-4-2-3-5-9(8)13)15-12(18)10(14)6-11(16)17/h2-5,7,10H,6,14H2,1H3,(H,15,18)(H,16,17). The maximum absolute atomic E-state index is 11.6. The van der Waals surface area contributed by atoms with Crippen molar-refractivity contribution in [2.45, 2.75) is 25.4 Å². The Labute approximate surface area is 110 Å². The normalized spacial score (nSPS) is 13.7. The highest BCUT2D eigenvalue weighted by Crippen LogP contribution is 2.22. The molecule has 0 radical (unpaired) electrons. The van der Waals surface area contributed by atoms with Gasteiger partial charge in [-0.05, 0) is 18.6 Å². The highest BCUT2D eigenvalue weighted by molar-refractivity contribution is 6.31. The Kier molecular flexibility index (Phi) is 5.12. The zero-order chi connectivity index (χ0) is 13.7.